The molecule has 0 fully saturated rings. The monoisotopic (exact) mass is 1620 g/mol. The lowest BCUT2D eigenvalue weighted by Gasteiger charge is -1.86. The fourth-order valence-electron chi connectivity index (χ4n) is 1.63. The SMILES string of the molecule is C.C.C.C.C.C.C.C.C.C.C.C.C.C.C.C.C.C.C.C.C.C.C.C.C.C#CC#CC#CC#CC#CC#CC#CC#CC.C#CC#CC#CC#CC#CC#CC#CC#CC.C#CC#CC#CC#CC#CC#CC#CC#CC.CCCO.CCCO.CCCO.CCCO.O=COCCO.O=COCCO.O=COCCO.[HH].[HH].[HH].[HH].[HH].[HH].[HH].[HH].[HH].[HH].[HH].[HH].[HH].[HH].[HH].[HH].[HH].[HH].[HH].[HH].[HH].[HH].[HH].[HH].[HH].[HH].[HH].[HH].[HH].[HH].[HH].[HH].[HH].[HH].[HH].[HH].[HH].[HH].[HH].[HH].[HH].[HH]. The first kappa shape index (κ1) is 232. The number of aliphatic hydroxyl groups excluding tert-OH is 7. The van der Waals surface area contributed by atoms with E-state index in [1.165, 1.54) is 0 Å². The van der Waals surface area contributed by atoms with E-state index in [-0.39, 0.29) is 285 Å². The summed E-state index contributed by atoms with van der Waals surface area (Å²) in [7, 11) is 0. The Hall–Kier alpha value is -12.4. The Morgan fingerprint density at radius 2 is 0.300 bits per heavy atom. The second-order valence-corrected chi connectivity index (χ2v) is 11.0. The molecule has 0 radical (unpaired) electrons. The standard InChI is InChI=1S/3C17H4.3C3H6O3.4C3H8O.25CH4.42H2/c3*1-3-5-7-9-11-13-15-17-16-14-12-10-8-6-4-2;3*4-1-2-6-3-5;4*1-2-3-4;;;;;;;;;;;;;;;;;;;;;;;;;;;;;;;;;;;;;;;;;;;;;;;;;;;;;;;;;;;;;;;;;;;/h3*1H,2H3;3*3-4H,1-2H2;4*4H,2-3H2,1H3;25*1H4;42*1H. The van der Waals surface area contributed by atoms with Crippen LogP contribution in [0, 0.1) is 286 Å². The first-order valence-corrected chi connectivity index (χ1v) is 23.7. The lowest BCUT2D eigenvalue weighted by atomic mass is 10.5. The maximum absolute atomic E-state index is 9.23. The fraction of sp³-hybridized carbons (Fsp3) is 0.474. The van der Waals surface area contributed by atoms with Gasteiger partial charge in [0.1, 0.15) is 19.8 Å². The Labute approximate surface area is 754 Å². The average Bonchev–Trinajstić information content (AvgIpc) is 1.13. The minimum absolute atomic E-state index is 0. The molecule has 0 spiro atoms. The molecular weight excluding hydrogens is 1370 g/mol. The normalized spacial score (nSPS) is 4.06. The van der Waals surface area contributed by atoms with E-state index in [1.54, 1.807) is 20.8 Å². The van der Waals surface area contributed by atoms with Gasteiger partial charge >= 0.3 is 0 Å². The van der Waals surface area contributed by atoms with Gasteiger partial charge in [-0.2, -0.15) is 0 Å². The summed E-state index contributed by atoms with van der Waals surface area (Å²) in [6.45, 7) is 15.0. The lowest BCUT2D eigenvalue weighted by Crippen LogP contribution is -1.95. The highest BCUT2D eigenvalue weighted by atomic mass is 16.5. The lowest BCUT2D eigenvalue weighted by molar-refractivity contribution is -0.130. The molecule has 0 aromatic carbocycles. The molecule has 0 aromatic rings. The van der Waals surface area contributed by atoms with Gasteiger partial charge in [-0.05, 0) is 295 Å². The van der Waals surface area contributed by atoms with Gasteiger partial charge in [-0.25, -0.2) is 0 Å². The van der Waals surface area contributed by atoms with Gasteiger partial charge in [-0.15, -0.1) is 19.3 Å². The van der Waals surface area contributed by atoms with Crippen LogP contribution in [0.5, 0.6) is 0 Å². The summed E-state index contributed by atoms with van der Waals surface area (Å²) in [6.07, 6.45) is 18.2. The van der Waals surface area contributed by atoms with Crippen molar-refractivity contribution in [2.24, 2.45) is 0 Å². The van der Waals surface area contributed by atoms with E-state index in [1.807, 2.05) is 27.7 Å². The fourth-order valence-corrected chi connectivity index (χ4v) is 1.63. The molecule has 0 aliphatic heterocycles. The quantitative estimate of drug-likeness (QED) is 0.0395. The predicted octanol–water partition coefficient (Wildman–Crippen LogP) is 27.2. The third-order valence-electron chi connectivity index (χ3n) is 4.57. The van der Waals surface area contributed by atoms with Crippen LogP contribution < -0.4 is 0 Å². The van der Waals surface area contributed by atoms with E-state index in [0.29, 0.717) is 45.8 Å². The van der Waals surface area contributed by atoms with Crippen LogP contribution in [0.2, 0.25) is 0 Å². The van der Waals surface area contributed by atoms with Crippen molar-refractivity contribution >= 4 is 19.4 Å². The molecule has 13 nitrogen and oxygen atoms in total. The third-order valence-corrected chi connectivity index (χ3v) is 4.57. The summed E-state index contributed by atoms with van der Waals surface area (Å²) in [5.74, 6) is 111. The van der Waals surface area contributed by atoms with E-state index in [9.17, 15) is 14.4 Å². The molecule has 0 aliphatic carbocycles. The molecule has 0 aromatic heterocycles. The molecule has 0 atom stereocenters. The Balaban J connectivity index is -0.00000000539. The topological polar surface area (TPSA) is 221 Å². The number of hydrogen-bond donors (Lipinski definition) is 7. The van der Waals surface area contributed by atoms with Crippen LogP contribution in [-0.4, -0.2) is 121 Å². The summed E-state index contributed by atoms with van der Waals surface area (Å²) in [5, 5.41) is 55.2. The molecule has 0 amide bonds. The van der Waals surface area contributed by atoms with Crippen LogP contribution in [0.3, 0.4) is 0 Å². The number of carbonyl (C=O) groups is 3. The zero-order valence-corrected chi connectivity index (χ0v) is 48.4. The van der Waals surface area contributed by atoms with Crippen LogP contribution in [-0.2, 0) is 28.6 Å². The smallest absolute Gasteiger partial charge is 0.293 e. The van der Waals surface area contributed by atoms with Gasteiger partial charge in [0.2, 0.25) is 0 Å². The van der Waals surface area contributed by atoms with Crippen molar-refractivity contribution in [2.75, 3.05) is 66.1 Å². The summed E-state index contributed by atoms with van der Waals surface area (Å²) >= 11 is 0. The van der Waals surface area contributed by atoms with Crippen LogP contribution >= 0.6 is 0 Å². The maximum Gasteiger partial charge on any atom is 0.293 e. The van der Waals surface area contributed by atoms with E-state index >= 15 is 0 Å². The van der Waals surface area contributed by atoms with Crippen LogP contribution in [0.1, 0.15) is 320 Å². The molecule has 110 heavy (non-hydrogen) atoms. The molecule has 0 heterocycles. The molecule has 0 bridgehead atoms. The van der Waals surface area contributed by atoms with Gasteiger partial charge in [0.15, 0.2) is 0 Å². The number of ether oxygens (including phenoxy) is 3. The second kappa shape index (κ2) is 319. The number of hydrogen-bond acceptors (Lipinski definition) is 13. The zero-order valence-electron chi connectivity index (χ0n) is 48.4. The Morgan fingerprint density at radius 1 is 0.209 bits per heavy atom. The van der Waals surface area contributed by atoms with Crippen LogP contribution in [0.25, 0.3) is 0 Å². The summed E-state index contributed by atoms with van der Waals surface area (Å²) < 4.78 is 12.2. The van der Waals surface area contributed by atoms with E-state index in [4.69, 9.17) is 55.0 Å². The van der Waals surface area contributed by atoms with Crippen molar-refractivity contribution in [1.82, 2.24) is 0 Å². The maximum atomic E-state index is 9.23. The van der Waals surface area contributed by atoms with Crippen molar-refractivity contribution in [3.8, 4) is 286 Å². The van der Waals surface area contributed by atoms with Crippen molar-refractivity contribution in [3.63, 3.8) is 0 Å². The molecule has 0 saturated carbocycles. The van der Waals surface area contributed by atoms with Crippen molar-refractivity contribution < 1.29 is 124 Å². The van der Waals surface area contributed by atoms with Crippen LogP contribution in [0.15, 0.2) is 0 Å². The third kappa shape index (κ3) is 472. The number of rotatable bonds is 13. The number of terminal acetylenes is 3. The highest BCUT2D eigenvalue weighted by molar-refractivity contribution is 5.48. The number of aliphatic hydroxyl groups is 7. The first-order valence-electron chi connectivity index (χ1n) is 23.7. The average molecular weight is 1620 g/mol. The Morgan fingerprint density at radius 3 is 0.355 bits per heavy atom. The number of carbonyl (C=O) groups excluding carboxylic acids is 3. The first-order chi connectivity index (χ1) is 41.6. The molecule has 7 N–H and O–H groups in total. The highest BCUT2D eigenvalue weighted by Crippen LogP contribution is 1.65. The molecule has 712 valence electrons. The second-order valence-electron chi connectivity index (χ2n) is 11.0. The van der Waals surface area contributed by atoms with E-state index in [2.05, 4.69) is 281 Å². The zero-order chi connectivity index (χ0) is 66.0. The summed E-state index contributed by atoms with van der Waals surface area (Å²) in [5.41, 5.74) is 0. The van der Waals surface area contributed by atoms with Gasteiger partial charge in [0.25, 0.3) is 19.4 Å². The van der Waals surface area contributed by atoms with E-state index < -0.39 is 0 Å². The predicted molar refractivity (Wildman–Crippen MR) is 591 cm³/mol. The largest absolute Gasteiger partial charge is 0.465 e. The van der Waals surface area contributed by atoms with Gasteiger partial charge in [0, 0.05) is 86.3 Å². The van der Waals surface area contributed by atoms with Gasteiger partial charge in [-0.1, -0.05) is 231 Å². The molecule has 0 rings (SSSR count). The summed E-state index contributed by atoms with van der Waals surface area (Å²) in [4.78, 5) is 27.7. The molecule has 0 saturated heterocycles. The highest BCUT2D eigenvalue weighted by Gasteiger charge is 1.74. The van der Waals surface area contributed by atoms with Crippen molar-refractivity contribution in [3.05, 3.63) is 0 Å². The van der Waals surface area contributed by atoms with Crippen molar-refractivity contribution in [2.45, 2.75) is 260 Å². The van der Waals surface area contributed by atoms with Crippen molar-refractivity contribution in [1.29, 1.82) is 0 Å². The minimum atomic E-state index is -0.0985. The van der Waals surface area contributed by atoms with E-state index in [0.717, 1.165) is 25.7 Å². The van der Waals surface area contributed by atoms with Gasteiger partial charge < -0.3 is 50.0 Å². The summed E-state index contributed by atoms with van der Waals surface area (Å²) in [6, 6.07) is 0. The van der Waals surface area contributed by atoms with Gasteiger partial charge in [0.05, 0.1) is 19.8 Å². The molecule has 13 heteroatoms. The molecule has 0 unspecified atom stereocenters. The molecular formula is C97H246O13. The Kier molecular flexibility index (Phi) is 674. The van der Waals surface area contributed by atoms with Gasteiger partial charge in [-0.3, -0.25) is 14.4 Å². The minimum Gasteiger partial charge on any atom is -0.465 e. The molecule has 0 aliphatic rings. The van der Waals surface area contributed by atoms with Crippen LogP contribution in [0.4, 0.5) is 0 Å². The Bertz CT molecular complexity index is 3140.